The number of ether oxygens (including phenoxy) is 1. The zero-order valence-electron chi connectivity index (χ0n) is 7.68. The number of allylic oxidation sites excluding steroid dienone is 2. The highest BCUT2D eigenvalue weighted by molar-refractivity contribution is 5.38. The van der Waals surface area contributed by atoms with E-state index in [0.29, 0.717) is 5.92 Å². The van der Waals surface area contributed by atoms with E-state index in [1.165, 1.54) is 25.7 Å². The van der Waals surface area contributed by atoms with Crippen LogP contribution in [0.5, 0.6) is 0 Å². The van der Waals surface area contributed by atoms with Gasteiger partial charge in [0.1, 0.15) is 0 Å². The Kier molecular flexibility index (Phi) is 2.31. The van der Waals surface area contributed by atoms with E-state index in [9.17, 15) is 0 Å². The van der Waals surface area contributed by atoms with Crippen LogP contribution in [0.15, 0.2) is 23.3 Å². The molecule has 2 rings (SSSR count). The fraction of sp³-hybridized carbons (Fsp3) is 0.636. The lowest BCUT2D eigenvalue weighted by atomic mass is 9.89. The molecule has 2 aliphatic rings. The molecule has 0 fully saturated rings. The summed E-state index contributed by atoms with van der Waals surface area (Å²) in [5.74, 6) is 0.602. The SMILES string of the molecule is COCC1C=CC2=C1CCCC2. The smallest absolute Gasteiger partial charge is 0.0562 e. The van der Waals surface area contributed by atoms with Crippen molar-refractivity contribution in [2.45, 2.75) is 25.7 Å². The molecule has 1 atom stereocenters. The summed E-state index contributed by atoms with van der Waals surface area (Å²) in [7, 11) is 1.79. The van der Waals surface area contributed by atoms with Crippen molar-refractivity contribution in [3.05, 3.63) is 23.3 Å². The summed E-state index contributed by atoms with van der Waals surface area (Å²) in [6, 6.07) is 0. The summed E-state index contributed by atoms with van der Waals surface area (Å²) in [5, 5.41) is 0. The Morgan fingerprint density at radius 1 is 1.42 bits per heavy atom. The highest BCUT2D eigenvalue weighted by Gasteiger charge is 2.22. The molecule has 0 spiro atoms. The molecule has 0 N–H and O–H groups in total. The lowest BCUT2D eigenvalue weighted by molar-refractivity contribution is 0.180. The molecular formula is C11H16O. The highest BCUT2D eigenvalue weighted by Crippen LogP contribution is 2.36. The minimum absolute atomic E-state index is 0.602. The molecule has 0 radical (unpaired) electrons. The van der Waals surface area contributed by atoms with Gasteiger partial charge < -0.3 is 4.74 Å². The van der Waals surface area contributed by atoms with Crippen LogP contribution in [0, 0.1) is 5.92 Å². The Bertz CT molecular complexity index is 225. The van der Waals surface area contributed by atoms with Crippen LogP contribution in [0.25, 0.3) is 0 Å². The topological polar surface area (TPSA) is 9.23 Å². The second kappa shape index (κ2) is 3.44. The first-order valence-electron chi connectivity index (χ1n) is 4.81. The zero-order valence-corrected chi connectivity index (χ0v) is 7.68. The van der Waals surface area contributed by atoms with Gasteiger partial charge in [-0.3, -0.25) is 0 Å². The van der Waals surface area contributed by atoms with Gasteiger partial charge in [-0.2, -0.15) is 0 Å². The van der Waals surface area contributed by atoms with Gasteiger partial charge in [0, 0.05) is 13.0 Å². The summed E-state index contributed by atoms with van der Waals surface area (Å²) in [5.41, 5.74) is 3.26. The van der Waals surface area contributed by atoms with E-state index in [4.69, 9.17) is 4.74 Å². The van der Waals surface area contributed by atoms with E-state index in [2.05, 4.69) is 12.2 Å². The Morgan fingerprint density at radius 3 is 3.08 bits per heavy atom. The Balaban J connectivity index is 2.10. The zero-order chi connectivity index (χ0) is 8.39. The molecule has 0 aromatic carbocycles. The van der Waals surface area contributed by atoms with Crippen molar-refractivity contribution in [1.29, 1.82) is 0 Å². The van der Waals surface area contributed by atoms with Crippen molar-refractivity contribution in [1.82, 2.24) is 0 Å². The van der Waals surface area contributed by atoms with Gasteiger partial charge in [-0.05, 0) is 31.3 Å². The predicted octanol–water partition coefficient (Wildman–Crippen LogP) is 2.69. The Labute approximate surface area is 74.1 Å². The molecule has 0 saturated carbocycles. The minimum Gasteiger partial charge on any atom is -0.384 e. The second-order valence-corrected chi connectivity index (χ2v) is 3.68. The van der Waals surface area contributed by atoms with Crippen molar-refractivity contribution in [3.63, 3.8) is 0 Å². The van der Waals surface area contributed by atoms with Gasteiger partial charge in [-0.25, -0.2) is 0 Å². The molecule has 0 aromatic rings. The van der Waals surface area contributed by atoms with Crippen LogP contribution >= 0.6 is 0 Å². The maximum absolute atomic E-state index is 5.19. The van der Waals surface area contributed by atoms with Gasteiger partial charge in [-0.1, -0.05) is 17.7 Å². The molecule has 0 aliphatic heterocycles. The Morgan fingerprint density at radius 2 is 2.25 bits per heavy atom. The van der Waals surface area contributed by atoms with Gasteiger partial charge in [0.15, 0.2) is 0 Å². The van der Waals surface area contributed by atoms with Gasteiger partial charge in [0.2, 0.25) is 0 Å². The first kappa shape index (κ1) is 8.06. The van der Waals surface area contributed by atoms with E-state index < -0.39 is 0 Å². The van der Waals surface area contributed by atoms with Crippen molar-refractivity contribution in [3.8, 4) is 0 Å². The lowest BCUT2D eigenvalue weighted by Gasteiger charge is -2.18. The summed E-state index contributed by atoms with van der Waals surface area (Å²) >= 11 is 0. The Hall–Kier alpha value is -0.560. The summed E-state index contributed by atoms with van der Waals surface area (Å²) < 4.78 is 5.19. The fourth-order valence-electron chi connectivity index (χ4n) is 2.25. The molecule has 1 unspecified atom stereocenters. The molecule has 66 valence electrons. The number of hydrogen-bond acceptors (Lipinski definition) is 1. The minimum atomic E-state index is 0.602. The maximum atomic E-state index is 5.19. The van der Waals surface area contributed by atoms with E-state index in [0.717, 1.165) is 6.61 Å². The van der Waals surface area contributed by atoms with E-state index >= 15 is 0 Å². The average molecular weight is 164 g/mol. The lowest BCUT2D eigenvalue weighted by Crippen LogP contribution is -2.09. The molecule has 0 aromatic heterocycles. The third-order valence-corrected chi connectivity index (χ3v) is 2.88. The molecule has 12 heavy (non-hydrogen) atoms. The summed E-state index contributed by atoms with van der Waals surface area (Å²) in [6.45, 7) is 0.870. The van der Waals surface area contributed by atoms with E-state index in [-0.39, 0.29) is 0 Å². The van der Waals surface area contributed by atoms with Crippen molar-refractivity contribution >= 4 is 0 Å². The molecule has 0 bridgehead atoms. The molecular weight excluding hydrogens is 148 g/mol. The third-order valence-electron chi connectivity index (χ3n) is 2.88. The number of hydrogen-bond donors (Lipinski definition) is 0. The normalized spacial score (nSPS) is 27.9. The van der Waals surface area contributed by atoms with Crippen molar-refractivity contribution in [2.75, 3.05) is 13.7 Å². The molecule has 2 aliphatic carbocycles. The fourth-order valence-corrected chi connectivity index (χ4v) is 2.25. The van der Waals surface area contributed by atoms with Crippen LogP contribution in [0.3, 0.4) is 0 Å². The molecule has 1 heteroatoms. The standard InChI is InChI=1S/C11H16O/c1-12-8-10-7-6-9-4-2-3-5-11(9)10/h6-7,10H,2-5,8H2,1H3. The van der Waals surface area contributed by atoms with Crippen LogP contribution in [0.4, 0.5) is 0 Å². The summed E-state index contributed by atoms with van der Waals surface area (Å²) in [6.07, 6.45) is 9.96. The largest absolute Gasteiger partial charge is 0.384 e. The van der Waals surface area contributed by atoms with Crippen molar-refractivity contribution in [2.24, 2.45) is 5.92 Å². The maximum Gasteiger partial charge on any atom is 0.0562 e. The quantitative estimate of drug-likeness (QED) is 0.609. The van der Waals surface area contributed by atoms with Gasteiger partial charge in [0.05, 0.1) is 6.61 Å². The third kappa shape index (κ3) is 1.34. The monoisotopic (exact) mass is 164 g/mol. The van der Waals surface area contributed by atoms with Gasteiger partial charge in [0.25, 0.3) is 0 Å². The number of methoxy groups -OCH3 is 1. The molecule has 0 amide bonds. The van der Waals surface area contributed by atoms with E-state index in [1.807, 2.05) is 0 Å². The van der Waals surface area contributed by atoms with Crippen LogP contribution in [0.2, 0.25) is 0 Å². The van der Waals surface area contributed by atoms with Crippen LogP contribution < -0.4 is 0 Å². The van der Waals surface area contributed by atoms with Crippen LogP contribution in [0.1, 0.15) is 25.7 Å². The molecule has 1 nitrogen and oxygen atoms in total. The van der Waals surface area contributed by atoms with E-state index in [1.54, 1.807) is 18.3 Å². The highest BCUT2D eigenvalue weighted by atomic mass is 16.5. The summed E-state index contributed by atoms with van der Waals surface area (Å²) in [4.78, 5) is 0. The molecule has 0 heterocycles. The molecule has 0 saturated heterocycles. The van der Waals surface area contributed by atoms with Crippen LogP contribution in [-0.2, 0) is 4.74 Å². The first-order valence-corrected chi connectivity index (χ1v) is 4.81. The average Bonchev–Trinajstić information content (AvgIpc) is 2.50. The predicted molar refractivity (Wildman–Crippen MR) is 50.0 cm³/mol. The number of rotatable bonds is 2. The second-order valence-electron chi connectivity index (χ2n) is 3.68. The van der Waals surface area contributed by atoms with Gasteiger partial charge in [-0.15, -0.1) is 0 Å². The van der Waals surface area contributed by atoms with Crippen molar-refractivity contribution < 1.29 is 4.74 Å². The van der Waals surface area contributed by atoms with Crippen LogP contribution in [-0.4, -0.2) is 13.7 Å². The van der Waals surface area contributed by atoms with Gasteiger partial charge >= 0.3 is 0 Å². The first-order chi connectivity index (χ1) is 5.92.